The van der Waals surface area contributed by atoms with Crippen molar-refractivity contribution in [1.82, 2.24) is 0 Å². The molecule has 0 saturated heterocycles. The topological polar surface area (TPSA) is 37.3 Å². The van der Waals surface area contributed by atoms with Crippen molar-refractivity contribution in [2.75, 3.05) is 0 Å². The molecule has 1 aromatic rings. The normalized spacial score (nSPS) is 14.9. The van der Waals surface area contributed by atoms with Crippen LogP contribution in [0.3, 0.4) is 0 Å². The van der Waals surface area contributed by atoms with Crippen LogP contribution < -0.4 is 0 Å². The smallest absolute Gasteiger partial charge is 0.346 e. The van der Waals surface area contributed by atoms with Crippen LogP contribution in [0.5, 0.6) is 0 Å². The van der Waals surface area contributed by atoms with Gasteiger partial charge in [0, 0.05) is 10.6 Å². The molecule has 14 heavy (non-hydrogen) atoms. The summed E-state index contributed by atoms with van der Waals surface area (Å²) < 4.78 is 26.6. The number of alkyl halides is 1. The van der Waals surface area contributed by atoms with E-state index in [1.54, 1.807) is 0 Å². The highest BCUT2D eigenvalue weighted by Gasteiger charge is 2.37. The van der Waals surface area contributed by atoms with E-state index >= 15 is 0 Å². The lowest BCUT2D eigenvalue weighted by atomic mass is 9.98. The van der Waals surface area contributed by atoms with Gasteiger partial charge in [0.15, 0.2) is 0 Å². The Balaban J connectivity index is 3.26. The lowest BCUT2D eigenvalue weighted by molar-refractivity contribution is -0.150. The van der Waals surface area contributed by atoms with Gasteiger partial charge in [-0.2, -0.15) is 0 Å². The van der Waals surface area contributed by atoms with E-state index in [2.05, 4.69) is 0 Å². The van der Waals surface area contributed by atoms with Gasteiger partial charge in [0.1, 0.15) is 5.82 Å². The number of carboxylic acid groups (broad SMARTS) is 1. The van der Waals surface area contributed by atoms with Crippen LogP contribution in [0.1, 0.15) is 12.5 Å². The SMILES string of the molecule is CC(F)(C(=O)O)c1ccc(Cl)cc1F. The molecule has 1 rings (SSSR count). The third-order valence-electron chi connectivity index (χ3n) is 1.84. The van der Waals surface area contributed by atoms with E-state index in [0.29, 0.717) is 0 Å². The second-order valence-electron chi connectivity index (χ2n) is 2.93. The van der Waals surface area contributed by atoms with Crippen molar-refractivity contribution in [2.45, 2.75) is 12.6 Å². The summed E-state index contributed by atoms with van der Waals surface area (Å²) >= 11 is 5.44. The molecule has 0 saturated carbocycles. The highest BCUT2D eigenvalue weighted by atomic mass is 35.5. The van der Waals surface area contributed by atoms with Gasteiger partial charge in [-0.3, -0.25) is 0 Å². The first kappa shape index (κ1) is 10.9. The van der Waals surface area contributed by atoms with Crippen molar-refractivity contribution in [3.05, 3.63) is 34.6 Å². The monoisotopic (exact) mass is 220 g/mol. The van der Waals surface area contributed by atoms with Gasteiger partial charge in [-0.15, -0.1) is 0 Å². The summed E-state index contributed by atoms with van der Waals surface area (Å²) in [6, 6.07) is 3.13. The number of aliphatic carboxylic acids is 1. The summed E-state index contributed by atoms with van der Waals surface area (Å²) in [5.41, 5.74) is -3.27. The fourth-order valence-electron chi connectivity index (χ4n) is 0.985. The van der Waals surface area contributed by atoms with Crippen molar-refractivity contribution in [3.63, 3.8) is 0 Å². The molecule has 0 bridgehead atoms. The van der Waals surface area contributed by atoms with E-state index in [1.165, 1.54) is 6.07 Å². The molecule has 0 heterocycles. The van der Waals surface area contributed by atoms with Crippen LogP contribution in [0.4, 0.5) is 8.78 Å². The molecule has 0 aromatic heterocycles. The quantitative estimate of drug-likeness (QED) is 0.832. The van der Waals surface area contributed by atoms with E-state index in [0.717, 1.165) is 19.1 Å². The Morgan fingerprint density at radius 2 is 2.14 bits per heavy atom. The molecule has 1 unspecified atom stereocenters. The van der Waals surface area contributed by atoms with E-state index in [4.69, 9.17) is 16.7 Å². The van der Waals surface area contributed by atoms with Gasteiger partial charge in [-0.1, -0.05) is 17.7 Å². The van der Waals surface area contributed by atoms with Crippen molar-refractivity contribution >= 4 is 17.6 Å². The number of carbonyl (C=O) groups is 1. The molecular formula is C9H7ClF2O2. The molecule has 0 fully saturated rings. The number of hydrogen-bond acceptors (Lipinski definition) is 1. The lowest BCUT2D eigenvalue weighted by Crippen LogP contribution is -2.28. The fraction of sp³-hybridized carbons (Fsp3) is 0.222. The van der Waals surface area contributed by atoms with Crippen LogP contribution >= 0.6 is 11.6 Å². The third kappa shape index (κ3) is 1.85. The number of hydrogen-bond donors (Lipinski definition) is 1. The molecule has 1 aromatic carbocycles. The van der Waals surface area contributed by atoms with Crippen LogP contribution in [0.2, 0.25) is 5.02 Å². The standard InChI is InChI=1S/C9H7ClF2O2/c1-9(12,8(13)14)6-3-2-5(10)4-7(6)11/h2-4H,1H3,(H,13,14). The van der Waals surface area contributed by atoms with Crippen molar-refractivity contribution in [2.24, 2.45) is 0 Å². The largest absolute Gasteiger partial charge is 0.479 e. The molecule has 0 radical (unpaired) electrons. The maximum absolute atomic E-state index is 13.5. The number of rotatable bonds is 2. The molecule has 1 atom stereocenters. The molecular weight excluding hydrogens is 214 g/mol. The zero-order valence-electron chi connectivity index (χ0n) is 7.22. The molecule has 0 spiro atoms. The first-order chi connectivity index (χ1) is 6.35. The molecule has 1 N–H and O–H groups in total. The summed E-state index contributed by atoms with van der Waals surface area (Å²) in [5, 5.41) is 8.60. The second-order valence-corrected chi connectivity index (χ2v) is 3.37. The van der Waals surface area contributed by atoms with Crippen molar-refractivity contribution in [1.29, 1.82) is 0 Å². The van der Waals surface area contributed by atoms with Crippen LogP contribution in [-0.4, -0.2) is 11.1 Å². The summed E-state index contributed by atoms with van der Waals surface area (Å²) in [6.07, 6.45) is 0. The minimum Gasteiger partial charge on any atom is -0.479 e. The van der Waals surface area contributed by atoms with E-state index in [1.807, 2.05) is 0 Å². The molecule has 0 aliphatic carbocycles. The second kappa shape index (κ2) is 3.53. The van der Waals surface area contributed by atoms with Crippen LogP contribution in [-0.2, 0) is 10.5 Å². The van der Waals surface area contributed by atoms with Gasteiger partial charge >= 0.3 is 5.97 Å². The van der Waals surface area contributed by atoms with Gasteiger partial charge in [-0.25, -0.2) is 13.6 Å². The maximum atomic E-state index is 13.5. The molecule has 76 valence electrons. The highest BCUT2D eigenvalue weighted by Crippen LogP contribution is 2.29. The highest BCUT2D eigenvalue weighted by molar-refractivity contribution is 6.30. The van der Waals surface area contributed by atoms with Crippen LogP contribution in [0.25, 0.3) is 0 Å². The Labute approximate surface area is 84.1 Å². The Morgan fingerprint density at radius 3 is 2.57 bits per heavy atom. The summed E-state index contributed by atoms with van der Waals surface area (Å²) in [6.45, 7) is 0.779. The minimum atomic E-state index is -2.74. The lowest BCUT2D eigenvalue weighted by Gasteiger charge is -2.15. The third-order valence-corrected chi connectivity index (χ3v) is 2.07. The van der Waals surface area contributed by atoms with E-state index in [9.17, 15) is 13.6 Å². The van der Waals surface area contributed by atoms with Crippen LogP contribution in [0, 0.1) is 5.82 Å². The minimum absolute atomic E-state index is 0.0902. The molecule has 0 aliphatic heterocycles. The van der Waals surface area contributed by atoms with Crippen molar-refractivity contribution in [3.8, 4) is 0 Å². The van der Waals surface area contributed by atoms with Crippen molar-refractivity contribution < 1.29 is 18.7 Å². The number of halogens is 3. The molecule has 0 amide bonds. The van der Waals surface area contributed by atoms with E-state index in [-0.39, 0.29) is 5.02 Å². The Morgan fingerprint density at radius 1 is 1.57 bits per heavy atom. The summed E-state index contributed by atoms with van der Waals surface area (Å²) in [7, 11) is 0. The molecule has 0 aliphatic rings. The number of benzene rings is 1. The average Bonchev–Trinajstić information content (AvgIpc) is 2.02. The Bertz CT molecular complexity index is 377. The van der Waals surface area contributed by atoms with E-state index < -0.39 is 23.0 Å². The molecule has 2 nitrogen and oxygen atoms in total. The van der Waals surface area contributed by atoms with Crippen LogP contribution in [0.15, 0.2) is 18.2 Å². The summed E-state index contributed by atoms with van der Waals surface area (Å²) in [5.74, 6) is -2.70. The van der Waals surface area contributed by atoms with Gasteiger partial charge < -0.3 is 5.11 Å². The maximum Gasteiger partial charge on any atom is 0.346 e. The average molecular weight is 221 g/mol. The number of carboxylic acids is 1. The fourth-order valence-corrected chi connectivity index (χ4v) is 1.14. The predicted octanol–water partition coefficient (Wildman–Crippen LogP) is 2.75. The zero-order valence-corrected chi connectivity index (χ0v) is 7.98. The van der Waals surface area contributed by atoms with Gasteiger partial charge in [-0.05, 0) is 19.1 Å². The Hall–Kier alpha value is -1.16. The zero-order chi connectivity index (χ0) is 10.9. The van der Waals surface area contributed by atoms with Gasteiger partial charge in [0.25, 0.3) is 0 Å². The van der Waals surface area contributed by atoms with Gasteiger partial charge in [0.05, 0.1) is 0 Å². The van der Waals surface area contributed by atoms with Gasteiger partial charge in [0.2, 0.25) is 5.67 Å². The first-order valence-electron chi connectivity index (χ1n) is 3.73. The summed E-state index contributed by atoms with van der Waals surface area (Å²) in [4.78, 5) is 10.5. The first-order valence-corrected chi connectivity index (χ1v) is 4.11. The predicted molar refractivity (Wildman–Crippen MR) is 47.5 cm³/mol. The Kier molecular flexibility index (Phi) is 2.76. The molecule has 5 heteroatoms.